The number of aryl methyl sites for hydroxylation is 2. The first kappa shape index (κ1) is 19.9. The second kappa shape index (κ2) is 8.91. The van der Waals surface area contributed by atoms with Gasteiger partial charge in [0, 0.05) is 25.1 Å². The van der Waals surface area contributed by atoms with E-state index >= 15 is 0 Å². The Balaban J connectivity index is 1.44. The lowest BCUT2D eigenvalue weighted by Gasteiger charge is -2.25. The van der Waals surface area contributed by atoms with Gasteiger partial charge in [-0.1, -0.05) is 24.3 Å². The molecule has 0 spiro atoms. The number of rotatable bonds is 7. The molecule has 1 aliphatic rings. The van der Waals surface area contributed by atoms with E-state index in [-0.39, 0.29) is 17.7 Å². The summed E-state index contributed by atoms with van der Waals surface area (Å²) in [5, 5.41) is 2.94. The Kier molecular flexibility index (Phi) is 6.34. The van der Waals surface area contributed by atoms with Crippen LogP contribution < -0.4 is 10.1 Å². The summed E-state index contributed by atoms with van der Waals surface area (Å²) in [6, 6.07) is 13.9. The van der Waals surface area contributed by atoms with Crippen molar-refractivity contribution in [1.29, 1.82) is 0 Å². The first-order valence-electron chi connectivity index (χ1n) is 9.76. The molecule has 2 amide bonds. The van der Waals surface area contributed by atoms with Gasteiger partial charge in [-0.2, -0.15) is 0 Å². The molecule has 0 aliphatic carbocycles. The minimum Gasteiger partial charge on any atom is -0.492 e. The van der Waals surface area contributed by atoms with Crippen LogP contribution in [0.5, 0.6) is 5.75 Å². The quantitative estimate of drug-likeness (QED) is 0.796. The average molecular weight is 380 g/mol. The van der Waals surface area contributed by atoms with Crippen LogP contribution in [0.1, 0.15) is 29.5 Å². The Hall–Kier alpha value is -2.82. The number of nitrogens with zero attached hydrogens (tertiary/aromatic N) is 1. The summed E-state index contributed by atoms with van der Waals surface area (Å²) in [7, 11) is 1.78. The molecule has 3 rings (SSSR count). The van der Waals surface area contributed by atoms with Gasteiger partial charge in [0.2, 0.25) is 11.8 Å². The molecule has 5 nitrogen and oxygen atoms in total. The number of hydrogen-bond donors (Lipinski definition) is 1. The van der Waals surface area contributed by atoms with Gasteiger partial charge in [0.05, 0.1) is 6.54 Å². The third-order valence-electron chi connectivity index (χ3n) is 5.14. The minimum atomic E-state index is -0.154. The van der Waals surface area contributed by atoms with Crippen LogP contribution in [0.3, 0.4) is 0 Å². The number of amides is 2. The van der Waals surface area contributed by atoms with Gasteiger partial charge >= 0.3 is 0 Å². The van der Waals surface area contributed by atoms with Gasteiger partial charge in [-0.25, -0.2) is 0 Å². The van der Waals surface area contributed by atoms with Gasteiger partial charge in [0.1, 0.15) is 12.4 Å². The fourth-order valence-electron chi connectivity index (χ4n) is 3.58. The van der Waals surface area contributed by atoms with Crippen molar-refractivity contribution >= 4 is 17.5 Å². The van der Waals surface area contributed by atoms with Crippen molar-refractivity contribution in [3.8, 4) is 5.75 Å². The first-order valence-corrected chi connectivity index (χ1v) is 9.76. The van der Waals surface area contributed by atoms with Gasteiger partial charge in [0.15, 0.2) is 0 Å². The molecule has 0 saturated carbocycles. The molecule has 0 aromatic heterocycles. The summed E-state index contributed by atoms with van der Waals surface area (Å²) in [6.07, 6.45) is 1.61. The van der Waals surface area contributed by atoms with E-state index in [0.29, 0.717) is 32.4 Å². The Bertz CT molecular complexity index is 842. The molecule has 2 aromatic carbocycles. The predicted molar refractivity (Wildman–Crippen MR) is 111 cm³/mol. The second-order valence-electron chi connectivity index (χ2n) is 7.57. The number of anilines is 1. The van der Waals surface area contributed by atoms with Crippen LogP contribution in [0.4, 0.5) is 5.69 Å². The lowest BCUT2D eigenvalue weighted by molar-refractivity contribution is -0.130. The molecule has 28 heavy (non-hydrogen) atoms. The zero-order valence-electron chi connectivity index (χ0n) is 16.8. The monoisotopic (exact) mass is 380 g/mol. The summed E-state index contributed by atoms with van der Waals surface area (Å²) in [5.41, 5.74) is 4.34. The number of hydrogen-bond acceptors (Lipinski definition) is 3. The molecule has 148 valence electrons. The van der Waals surface area contributed by atoms with Crippen molar-refractivity contribution in [2.24, 2.45) is 5.92 Å². The van der Waals surface area contributed by atoms with E-state index in [2.05, 4.69) is 11.4 Å². The highest BCUT2D eigenvalue weighted by molar-refractivity contribution is 5.96. The van der Waals surface area contributed by atoms with Crippen molar-refractivity contribution in [1.82, 2.24) is 4.90 Å². The Morgan fingerprint density at radius 2 is 1.89 bits per heavy atom. The molecule has 1 atom stereocenters. The van der Waals surface area contributed by atoms with Crippen LogP contribution in [-0.4, -0.2) is 36.9 Å². The fourth-order valence-corrected chi connectivity index (χ4v) is 3.58. The third-order valence-corrected chi connectivity index (χ3v) is 5.14. The normalized spacial score (nSPS) is 15.5. The SMILES string of the molecule is Cc1cc(C)cc(OCCN(C)C(=O)CCC2Cc3ccccc3NC2=O)c1. The lowest BCUT2D eigenvalue weighted by atomic mass is 9.89. The summed E-state index contributed by atoms with van der Waals surface area (Å²) >= 11 is 0. The van der Waals surface area contributed by atoms with E-state index in [9.17, 15) is 9.59 Å². The van der Waals surface area contributed by atoms with E-state index in [4.69, 9.17) is 4.74 Å². The van der Waals surface area contributed by atoms with Gasteiger partial charge < -0.3 is 15.0 Å². The van der Waals surface area contributed by atoms with E-state index in [1.807, 2.05) is 50.2 Å². The molecule has 0 radical (unpaired) electrons. The van der Waals surface area contributed by atoms with Gasteiger partial charge in [0.25, 0.3) is 0 Å². The van der Waals surface area contributed by atoms with Crippen LogP contribution >= 0.6 is 0 Å². The largest absolute Gasteiger partial charge is 0.492 e. The van der Waals surface area contributed by atoms with Crippen LogP contribution in [0.15, 0.2) is 42.5 Å². The number of benzene rings is 2. The number of likely N-dealkylation sites (N-methyl/N-ethyl adjacent to an activating group) is 1. The molecule has 5 heteroatoms. The smallest absolute Gasteiger partial charge is 0.227 e. The van der Waals surface area contributed by atoms with Gasteiger partial charge in [-0.15, -0.1) is 0 Å². The zero-order chi connectivity index (χ0) is 20.1. The molecule has 1 unspecified atom stereocenters. The van der Waals surface area contributed by atoms with E-state index in [1.165, 1.54) is 0 Å². The lowest BCUT2D eigenvalue weighted by Crippen LogP contribution is -2.33. The van der Waals surface area contributed by atoms with Crippen LogP contribution in [0.2, 0.25) is 0 Å². The summed E-state index contributed by atoms with van der Waals surface area (Å²) < 4.78 is 5.78. The van der Waals surface area contributed by atoms with Crippen LogP contribution in [0.25, 0.3) is 0 Å². The van der Waals surface area contributed by atoms with Crippen LogP contribution in [-0.2, 0) is 16.0 Å². The zero-order valence-corrected chi connectivity index (χ0v) is 16.8. The van der Waals surface area contributed by atoms with Crippen molar-refractivity contribution < 1.29 is 14.3 Å². The first-order chi connectivity index (χ1) is 13.4. The fraction of sp³-hybridized carbons (Fsp3) is 0.391. The maximum Gasteiger partial charge on any atom is 0.227 e. The highest BCUT2D eigenvalue weighted by Crippen LogP contribution is 2.27. The molecule has 2 aromatic rings. The van der Waals surface area contributed by atoms with E-state index in [1.54, 1.807) is 11.9 Å². The molecule has 1 aliphatic heterocycles. The van der Waals surface area contributed by atoms with Gasteiger partial charge in [-0.05, 0) is 61.6 Å². The molecule has 0 saturated heterocycles. The van der Waals surface area contributed by atoms with E-state index in [0.717, 1.165) is 28.1 Å². The van der Waals surface area contributed by atoms with E-state index < -0.39 is 0 Å². The number of carbonyl (C=O) groups is 2. The second-order valence-corrected chi connectivity index (χ2v) is 7.57. The highest BCUT2D eigenvalue weighted by atomic mass is 16.5. The minimum absolute atomic E-state index is 0.00676. The molecule has 1 heterocycles. The molecule has 0 bridgehead atoms. The highest BCUT2D eigenvalue weighted by Gasteiger charge is 2.26. The molecular weight excluding hydrogens is 352 g/mol. The Morgan fingerprint density at radius 1 is 1.18 bits per heavy atom. The third kappa shape index (κ3) is 5.12. The van der Waals surface area contributed by atoms with Crippen molar-refractivity contribution in [2.75, 3.05) is 25.5 Å². The Labute approximate surface area is 166 Å². The number of nitrogens with one attached hydrogen (secondary N) is 1. The Morgan fingerprint density at radius 3 is 2.64 bits per heavy atom. The van der Waals surface area contributed by atoms with Crippen molar-refractivity contribution in [3.05, 3.63) is 59.2 Å². The number of carbonyl (C=O) groups excluding carboxylic acids is 2. The topological polar surface area (TPSA) is 58.6 Å². The maximum atomic E-state index is 12.4. The van der Waals surface area contributed by atoms with Gasteiger partial charge in [-0.3, -0.25) is 9.59 Å². The molecule has 0 fully saturated rings. The number of para-hydroxylation sites is 1. The molecule has 1 N–H and O–H groups in total. The van der Waals surface area contributed by atoms with Crippen molar-refractivity contribution in [2.45, 2.75) is 33.1 Å². The summed E-state index contributed by atoms with van der Waals surface area (Å²) in [6.45, 7) is 5.04. The predicted octanol–water partition coefficient (Wildman–Crippen LogP) is 3.73. The van der Waals surface area contributed by atoms with Crippen LogP contribution in [0, 0.1) is 19.8 Å². The summed E-state index contributed by atoms with van der Waals surface area (Å²) in [4.78, 5) is 26.4. The van der Waals surface area contributed by atoms with Crippen molar-refractivity contribution in [3.63, 3.8) is 0 Å². The summed E-state index contributed by atoms with van der Waals surface area (Å²) in [5.74, 6) is 0.720. The molecular formula is C23H28N2O3. The maximum absolute atomic E-state index is 12.4. The number of ether oxygens (including phenoxy) is 1. The standard InChI is InChI=1S/C23H28N2O3/c1-16-12-17(2)14-20(13-16)28-11-10-25(3)22(26)9-8-19-15-18-6-4-5-7-21(18)24-23(19)27/h4-7,12-14,19H,8-11,15H2,1-3H3,(H,24,27). The number of fused-ring (bicyclic) bond motifs is 1. The average Bonchev–Trinajstić information content (AvgIpc) is 2.65.